The Morgan fingerprint density at radius 1 is 1.03 bits per heavy atom. The third kappa shape index (κ3) is 4.30. The van der Waals surface area contributed by atoms with E-state index in [1.165, 1.54) is 12.3 Å². The van der Waals surface area contributed by atoms with Gasteiger partial charge in [0.25, 0.3) is 5.91 Å². The Morgan fingerprint density at radius 2 is 1.90 bits per heavy atom. The monoisotopic (exact) mass is 407 g/mol. The third-order valence-electron chi connectivity index (χ3n) is 4.21. The number of hydrogen-bond donors (Lipinski definition) is 2. The van der Waals surface area contributed by atoms with Crippen molar-refractivity contribution in [3.8, 4) is 5.75 Å². The number of nitrogens with two attached hydrogens (primary N) is 1. The summed E-state index contributed by atoms with van der Waals surface area (Å²) in [7, 11) is 0. The minimum absolute atomic E-state index is 0.170. The van der Waals surface area contributed by atoms with Gasteiger partial charge in [0.15, 0.2) is 11.6 Å². The average molecular weight is 407 g/mol. The quantitative estimate of drug-likeness (QED) is 0.505. The van der Waals surface area contributed by atoms with Crippen molar-refractivity contribution in [2.75, 3.05) is 5.32 Å². The van der Waals surface area contributed by atoms with Crippen molar-refractivity contribution >= 4 is 28.4 Å². The minimum atomic E-state index is -0.959. The second-order valence-electron chi connectivity index (χ2n) is 6.37. The molecule has 2 heterocycles. The highest BCUT2D eigenvalue weighted by Gasteiger charge is 2.07. The molecule has 0 aliphatic heterocycles. The Hall–Kier alpha value is -4.14. The molecule has 0 saturated carbocycles. The molecule has 0 aliphatic carbocycles. The van der Waals surface area contributed by atoms with E-state index in [9.17, 15) is 13.6 Å². The lowest BCUT2D eigenvalue weighted by atomic mass is 10.2. The Kier molecular flexibility index (Phi) is 5.17. The van der Waals surface area contributed by atoms with Gasteiger partial charge in [0, 0.05) is 29.5 Å². The largest absolute Gasteiger partial charge is 0.489 e. The number of hydrogen-bond acceptors (Lipinski definition) is 6. The lowest BCUT2D eigenvalue weighted by molar-refractivity contribution is 0.0995. The van der Waals surface area contributed by atoms with E-state index in [2.05, 4.69) is 20.3 Å². The van der Waals surface area contributed by atoms with Crippen LogP contribution in [0.1, 0.15) is 16.1 Å². The predicted molar refractivity (Wildman–Crippen MR) is 106 cm³/mol. The highest BCUT2D eigenvalue weighted by atomic mass is 19.2. The summed E-state index contributed by atoms with van der Waals surface area (Å²) in [5.74, 6) is -1.65. The number of nitrogens with zero attached hydrogens (tertiary/aromatic N) is 3. The first-order chi connectivity index (χ1) is 14.5. The molecule has 0 spiro atoms. The van der Waals surface area contributed by atoms with Gasteiger partial charge in [0.1, 0.15) is 18.1 Å². The number of ether oxygens (including phenoxy) is 1. The summed E-state index contributed by atoms with van der Waals surface area (Å²) >= 11 is 0. The van der Waals surface area contributed by atoms with Crippen LogP contribution in [0.3, 0.4) is 0 Å². The smallest absolute Gasteiger partial charge is 0.267 e. The van der Waals surface area contributed by atoms with Gasteiger partial charge >= 0.3 is 0 Å². The zero-order valence-corrected chi connectivity index (χ0v) is 15.5. The van der Waals surface area contributed by atoms with Crippen LogP contribution in [-0.4, -0.2) is 20.9 Å². The van der Waals surface area contributed by atoms with Crippen molar-refractivity contribution in [2.45, 2.75) is 6.61 Å². The van der Waals surface area contributed by atoms with Crippen molar-refractivity contribution in [2.24, 2.45) is 5.73 Å². The molecule has 3 N–H and O–H groups in total. The van der Waals surface area contributed by atoms with Crippen LogP contribution in [0.4, 0.5) is 20.4 Å². The number of halogens is 2. The van der Waals surface area contributed by atoms with Gasteiger partial charge in [-0.1, -0.05) is 0 Å². The molecular weight excluding hydrogens is 392 g/mol. The highest BCUT2D eigenvalue weighted by Crippen LogP contribution is 2.22. The van der Waals surface area contributed by atoms with Gasteiger partial charge in [-0.25, -0.2) is 18.7 Å². The van der Waals surface area contributed by atoms with E-state index < -0.39 is 17.5 Å². The zero-order valence-electron chi connectivity index (χ0n) is 15.5. The predicted octanol–water partition coefficient (Wildman–Crippen LogP) is 3.72. The molecule has 0 saturated heterocycles. The van der Waals surface area contributed by atoms with Crippen molar-refractivity contribution in [3.63, 3.8) is 0 Å². The number of primary amides is 1. The highest BCUT2D eigenvalue weighted by molar-refractivity contribution is 5.90. The molecule has 150 valence electrons. The topological polar surface area (TPSA) is 103 Å². The number of carbonyl (C=O) groups is 1. The standard InChI is InChI=1S/C21H15F2N5O2/c22-16-3-1-14(9-17(16)23)27-21-26-10-13-8-15(2-4-18(13)28-21)30-11-12-5-6-25-19(7-12)20(24)29/h1-10H,11H2,(H2,24,29)(H,26,27,28). The molecule has 2 aromatic heterocycles. The van der Waals surface area contributed by atoms with E-state index in [-0.39, 0.29) is 18.2 Å². The number of aromatic nitrogens is 3. The van der Waals surface area contributed by atoms with Crippen LogP contribution in [-0.2, 0) is 6.61 Å². The molecule has 9 heteroatoms. The molecule has 2 aromatic carbocycles. The van der Waals surface area contributed by atoms with Crippen LogP contribution in [0.5, 0.6) is 5.75 Å². The number of benzene rings is 2. The molecule has 4 rings (SSSR count). The van der Waals surface area contributed by atoms with Gasteiger partial charge in [-0.3, -0.25) is 9.78 Å². The van der Waals surface area contributed by atoms with Gasteiger partial charge in [-0.15, -0.1) is 0 Å². The van der Waals surface area contributed by atoms with Gasteiger partial charge in [-0.2, -0.15) is 0 Å². The summed E-state index contributed by atoms with van der Waals surface area (Å²) in [6.07, 6.45) is 3.09. The van der Waals surface area contributed by atoms with Crippen LogP contribution in [0.2, 0.25) is 0 Å². The van der Waals surface area contributed by atoms with Crippen molar-refractivity contribution in [1.82, 2.24) is 15.0 Å². The summed E-state index contributed by atoms with van der Waals surface area (Å²) in [5.41, 5.74) is 7.13. The number of nitrogens with one attached hydrogen (secondary N) is 1. The summed E-state index contributed by atoms with van der Waals surface area (Å²) in [4.78, 5) is 23.7. The molecule has 0 fully saturated rings. The summed E-state index contributed by atoms with van der Waals surface area (Å²) in [5, 5.41) is 3.57. The summed E-state index contributed by atoms with van der Waals surface area (Å²) in [6, 6.07) is 12.0. The second kappa shape index (κ2) is 8.08. The first kappa shape index (κ1) is 19.2. The van der Waals surface area contributed by atoms with E-state index >= 15 is 0 Å². The van der Waals surface area contributed by atoms with Crippen LogP contribution >= 0.6 is 0 Å². The van der Waals surface area contributed by atoms with Crippen LogP contribution in [0.25, 0.3) is 10.9 Å². The number of anilines is 2. The maximum absolute atomic E-state index is 13.3. The first-order valence-corrected chi connectivity index (χ1v) is 8.84. The molecule has 7 nitrogen and oxygen atoms in total. The normalized spacial score (nSPS) is 10.7. The van der Waals surface area contributed by atoms with E-state index in [0.29, 0.717) is 17.0 Å². The van der Waals surface area contributed by atoms with Crippen LogP contribution < -0.4 is 15.8 Å². The van der Waals surface area contributed by atoms with Crippen molar-refractivity contribution in [1.29, 1.82) is 0 Å². The van der Waals surface area contributed by atoms with Crippen LogP contribution in [0.15, 0.2) is 60.9 Å². The van der Waals surface area contributed by atoms with Crippen LogP contribution in [0, 0.1) is 11.6 Å². The molecule has 1 amide bonds. The molecular formula is C21H15F2N5O2. The molecule has 0 aliphatic rings. The lowest BCUT2D eigenvalue weighted by Crippen LogP contribution is -2.13. The number of fused-ring (bicyclic) bond motifs is 1. The molecule has 0 unspecified atom stereocenters. The van der Waals surface area contributed by atoms with Gasteiger partial charge in [0.2, 0.25) is 5.95 Å². The number of pyridine rings is 1. The molecule has 0 radical (unpaired) electrons. The minimum Gasteiger partial charge on any atom is -0.489 e. The average Bonchev–Trinajstić information content (AvgIpc) is 2.75. The Balaban J connectivity index is 1.48. The Bertz CT molecular complexity index is 1250. The van der Waals surface area contributed by atoms with Gasteiger partial charge in [-0.05, 0) is 48.0 Å². The summed E-state index contributed by atoms with van der Waals surface area (Å²) < 4.78 is 32.1. The lowest BCUT2D eigenvalue weighted by Gasteiger charge is -2.09. The fourth-order valence-corrected chi connectivity index (χ4v) is 2.73. The van der Waals surface area contributed by atoms with Crippen molar-refractivity contribution < 1.29 is 18.3 Å². The second-order valence-corrected chi connectivity index (χ2v) is 6.37. The van der Waals surface area contributed by atoms with Crippen molar-refractivity contribution in [3.05, 3.63) is 83.8 Å². The Labute approximate surface area is 169 Å². The fourth-order valence-electron chi connectivity index (χ4n) is 2.73. The molecule has 4 aromatic rings. The summed E-state index contributed by atoms with van der Waals surface area (Å²) in [6.45, 7) is 0.227. The van der Waals surface area contributed by atoms with E-state index in [1.54, 1.807) is 36.5 Å². The molecule has 30 heavy (non-hydrogen) atoms. The maximum atomic E-state index is 13.3. The van der Waals surface area contributed by atoms with Gasteiger partial charge < -0.3 is 15.8 Å². The number of carbonyl (C=O) groups excluding carboxylic acids is 1. The van der Waals surface area contributed by atoms with E-state index in [1.807, 2.05) is 0 Å². The Morgan fingerprint density at radius 3 is 2.70 bits per heavy atom. The first-order valence-electron chi connectivity index (χ1n) is 8.84. The van der Waals surface area contributed by atoms with E-state index in [0.717, 1.165) is 23.1 Å². The zero-order chi connectivity index (χ0) is 21.1. The van der Waals surface area contributed by atoms with E-state index in [4.69, 9.17) is 10.5 Å². The maximum Gasteiger partial charge on any atom is 0.267 e. The van der Waals surface area contributed by atoms with Gasteiger partial charge in [0.05, 0.1) is 5.52 Å². The number of rotatable bonds is 6. The molecule has 0 bridgehead atoms. The molecule has 0 atom stereocenters. The third-order valence-corrected chi connectivity index (χ3v) is 4.21. The number of amides is 1. The fraction of sp³-hybridized carbons (Fsp3) is 0.0476. The SMILES string of the molecule is NC(=O)c1cc(COc2ccc3nc(Nc4ccc(F)c(F)c4)ncc3c2)ccn1.